The van der Waals surface area contributed by atoms with Gasteiger partial charge in [0, 0.05) is 49.9 Å². The van der Waals surface area contributed by atoms with Gasteiger partial charge in [0.25, 0.3) is 5.91 Å². The number of carbonyl (C=O) groups excluding carboxylic acids is 1. The highest BCUT2D eigenvalue weighted by Crippen LogP contribution is 2.38. The fraction of sp³-hybridized carbons (Fsp3) is 0.400. The third-order valence-corrected chi connectivity index (χ3v) is 6.74. The van der Waals surface area contributed by atoms with Crippen LogP contribution < -0.4 is 4.74 Å². The van der Waals surface area contributed by atoms with Gasteiger partial charge in [-0.1, -0.05) is 56.3 Å². The number of hydrogen-bond donors (Lipinski definition) is 0. The molecule has 0 radical (unpaired) electrons. The molecule has 0 N–H and O–H groups in total. The van der Waals surface area contributed by atoms with Crippen molar-refractivity contribution in [1.82, 2.24) is 14.8 Å². The van der Waals surface area contributed by atoms with Crippen LogP contribution in [0.15, 0.2) is 72.8 Å². The maximum absolute atomic E-state index is 13.5. The summed E-state index contributed by atoms with van der Waals surface area (Å²) in [6, 6.07) is 24.2. The number of ether oxygens (including phenoxy) is 1. The van der Waals surface area contributed by atoms with Gasteiger partial charge in [0.05, 0.1) is 12.8 Å². The number of likely N-dealkylation sites (tertiary alicyclic amines) is 1. The van der Waals surface area contributed by atoms with Gasteiger partial charge < -0.3 is 9.64 Å². The molecule has 1 aromatic heterocycles. The second kappa shape index (κ2) is 11.5. The Labute approximate surface area is 209 Å². The van der Waals surface area contributed by atoms with Crippen LogP contribution in [0, 0.1) is 18.8 Å². The van der Waals surface area contributed by atoms with Crippen LogP contribution in [0.4, 0.5) is 0 Å². The van der Waals surface area contributed by atoms with E-state index >= 15 is 0 Å². The largest absolute Gasteiger partial charge is 0.496 e. The van der Waals surface area contributed by atoms with Crippen molar-refractivity contribution >= 4 is 5.91 Å². The topological polar surface area (TPSA) is 45.7 Å². The predicted molar refractivity (Wildman–Crippen MR) is 141 cm³/mol. The van der Waals surface area contributed by atoms with Gasteiger partial charge in [-0.3, -0.25) is 14.7 Å². The number of rotatable bonds is 9. The Kier molecular flexibility index (Phi) is 8.19. The first-order valence-electron chi connectivity index (χ1n) is 12.6. The number of pyridine rings is 1. The molecule has 3 aromatic rings. The predicted octanol–water partition coefficient (Wildman–Crippen LogP) is 5.41. The summed E-state index contributed by atoms with van der Waals surface area (Å²) in [4.78, 5) is 22.8. The van der Waals surface area contributed by atoms with Crippen LogP contribution in [0.3, 0.4) is 0 Å². The minimum absolute atomic E-state index is 0.108. The molecule has 5 nitrogen and oxygen atoms in total. The second-order valence-electron chi connectivity index (χ2n) is 10.0. The van der Waals surface area contributed by atoms with E-state index in [-0.39, 0.29) is 11.8 Å². The van der Waals surface area contributed by atoms with E-state index in [2.05, 4.69) is 47.9 Å². The smallest absolute Gasteiger partial charge is 0.253 e. The summed E-state index contributed by atoms with van der Waals surface area (Å²) in [7, 11) is 1.74. The number of benzene rings is 2. The van der Waals surface area contributed by atoms with Gasteiger partial charge in [-0.2, -0.15) is 0 Å². The third kappa shape index (κ3) is 6.29. The number of aromatic nitrogens is 1. The van der Waals surface area contributed by atoms with Crippen molar-refractivity contribution in [3.8, 4) is 5.75 Å². The van der Waals surface area contributed by atoms with E-state index in [1.807, 2.05) is 55.5 Å². The summed E-state index contributed by atoms with van der Waals surface area (Å²) in [6.45, 7) is 10.5. The molecule has 1 aliphatic heterocycles. The Morgan fingerprint density at radius 1 is 1.03 bits per heavy atom. The lowest BCUT2D eigenvalue weighted by atomic mass is 9.87. The number of nitrogens with zero attached hydrogens (tertiary/aromatic N) is 3. The number of hydrogen-bond acceptors (Lipinski definition) is 4. The third-order valence-electron chi connectivity index (χ3n) is 6.74. The first-order valence-corrected chi connectivity index (χ1v) is 12.6. The van der Waals surface area contributed by atoms with Crippen molar-refractivity contribution in [2.24, 2.45) is 11.8 Å². The van der Waals surface area contributed by atoms with Crippen molar-refractivity contribution in [1.29, 1.82) is 0 Å². The van der Waals surface area contributed by atoms with Gasteiger partial charge in [-0.05, 0) is 54.7 Å². The Bertz CT molecular complexity index is 1120. The first kappa shape index (κ1) is 24.9. The fourth-order valence-electron chi connectivity index (χ4n) is 5.24. The molecule has 0 unspecified atom stereocenters. The summed E-state index contributed by atoms with van der Waals surface area (Å²) in [5, 5.41) is 0. The van der Waals surface area contributed by atoms with Crippen LogP contribution in [0.2, 0.25) is 0 Å². The Balaban J connectivity index is 1.61. The summed E-state index contributed by atoms with van der Waals surface area (Å²) in [6.07, 6.45) is 0. The number of methoxy groups -OCH3 is 1. The van der Waals surface area contributed by atoms with E-state index in [0.717, 1.165) is 48.9 Å². The Morgan fingerprint density at radius 3 is 2.49 bits per heavy atom. The lowest BCUT2D eigenvalue weighted by Crippen LogP contribution is -2.39. The first-order chi connectivity index (χ1) is 16.9. The number of aryl methyl sites for hydroxylation is 1. The van der Waals surface area contributed by atoms with Crippen LogP contribution >= 0.6 is 0 Å². The van der Waals surface area contributed by atoms with Crippen molar-refractivity contribution < 1.29 is 9.53 Å². The van der Waals surface area contributed by atoms with E-state index in [9.17, 15) is 4.79 Å². The van der Waals surface area contributed by atoms with Crippen LogP contribution in [-0.2, 0) is 6.54 Å². The van der Waals surface area contributed by atoms with Crippen molar-refractivity contribution in [2.75, 3.05) is 33.3 Å². The van der Waals surface area contributed by atoms with Gasteiger partial charge in [0.2, 0.25) is 0 Å². The minimum atomic E-state index is 0.108. The number of para-hydroxylation sites is 1. The number of carbonyl (C=O) groups is 1. The average molecular weight is 472 g/mol. The zero-order valence-electron chi connectivity index (χ0n) is 21.4. The highest BCUT2D eigenvalue weighted by molar-refractivity contribution is 5.94. The molecule has 0 spiro atoms. The normalized spacial score (nSPS) is 18.1. The highest BCUT2D eigenvalue weighted by Gasteiger charge is 2.37. The summed E-state index contributed by atoms with van der Waals surface area (Å²) < 4.78 is 5.75. The molecule has 1 fully saturated rings. The van der Waals surface area contributed by atoms with Crippen LogP contribution in [0.25, 0.3) is 0 Å². The quantitative estimate of drug-likeness (QED) is 0.418. The van der Waals surface area contributed by atoms with E-state index in [1.165, 1.54) is 5.56 Å². The highest BCUT2D eigenvalue weighted by atomic mass is 16.5. The molecule has 5 heteroatoms. The molecule has 2 aromatic carbocycles. The van der Waals surface area contributed by atoms with Gasteiger partial charge in [-0.15, -0.1) is 0 Å². The molecule has 1 amide bonds. The van der Waals surface area contributed by atoms with E-state index < -0.39 is 0 Å². The van der Waals surface area contributed by atoms with Crippen molar-refractivity contribution in [2.45, 2.75) is 33.2 Å². The van der Waals surface area contributed by atoms with Crippen LogP contribution in [-0.4, -0.2) is 54.0 Å². The summed E-state index contributed by atoms with van der Waals surface area (Å²) in [5.41, 5.74) is 4.09. The molecule has 184 valence electrons. The molecule has 0 saturated carbocycles. The van der Waals surface area contributed by atoms with Crippen molar-refractivity contribution in [3.05, 3.63) is 95.3 Å². The molecule has 35 heavy (non-hydrogen) atoms. The maximum atomic E-state index is 13.5. The van der Waals surface area contributed by atoms with E-state index in [4.69, 9.17) is 9.72 Å². The SMILES string of the molecule is COc1ccccc1[C@@H]1CN(Cc2cccc(C)n2)C[C@H]1CN(CC(C)C)C(=O)c1ccccc1. The maximum Gasteiger partial charge on any atom is 0.253 e. The molecule has 1 saturated heterocycles. The molecule has 0 bridgehead atoms. The zero-order chi connectivity index (χ0) is 24.8. The zero-order valence-corrected chi connectivity index (χ0v) is 21.4. The summed E-state index contributed by atoms with van der Waals surface area (Å²) >= 11 is 0. The monoisotopic (exact) mass is 471 g/mol. The molecular formula is C30H37N3O2. The van der Waals surface area contributed by atoms with Crippen molar-refractivity contribution in [3.63, 3.8) is 0 Å². The lowest BCUT2D eigenvalue weighted by Gasteiger charge is -2.30. The van der Waals surface area contributed by atoms with Crippen LogP contribution in [0.1, 0.15) is 47.1 Å². The second-order valence-corrected chi connectivity index (χ2v) is 10.0. The Morgan fingerprint density at radius 2 is 1.77 bits per heavy atom. The van der Waals surface area contributed by atoms with Crippen LogP contribution in [0.5, 0.6) is 5.75 Å². The average Bonchev–Trinajstić information content (AvgIpc) is 3.25. The molecule has 0 aliphatic carbocycles. The molecule has 1 aliphatic rings. The van der Waals surface area contributed by atoms with Gasteiger partial charge >= 0.3 is 0 Å². The molecule has 2 heterocycles. The molecule has 2 atom stereocenters. The van der Waals surface area contributed by atoms with Gasteiger partial charge in [-0.25, -0.2) is 0 Å². The molecule has 4 rings (SSSR count). The molecular weight excluding hydrogens is 434 g/mol. The number of amides is 1. The summed E-state index contributed by atoms with van der Waals surface area (Å²) in [5.74, 6) is 1.98. The van der Waals surface area contributed by atoms with Gasteiger partial charge in [0.15, 0.2) is 0 Å². The standard InChI is InChI=1S/C30H37N3O2/c1-22(2)17-33(30(34)24-12-6-5-7-13-24)19-25-18-32(20-26-14-10-11-23(3)31-26)21-28(25)27-15-8-9-16-29(27)35-4/h5-16,22,25,28H,17-21H2,1-4H3/t25-,28+/m0/s1. The Hall–Kier alpha value is -3.18. The van der Waals surface area contributed by atoms with E-state index in [0.29, 0.717) is 18.4 Å². The van der Waals surface area contributed by atoms with E-state index in [1.54, 1.807) is 7.11 Å². The lowest BCUT2D eigenvalue weighted by molar-refractivity contribution is 0.0703. The van der Waals surface area contributed by atoms with Gasteiger partial charge in [0.1, 0.15) is 5.75 Å². The minimum Gasteiger partial charge on any atom is -0.496 e. The fourth-order valence-corrected chi connectivity index (χ4v) is 5.24.